The van der Waals surface area contributed by atoms with Crippen LogP contribution in [-0.2, 0) is 6.54 Å². The Hall–Kier alpha value is -1.66. The van der Waals surface area contributed by atoms with E-state index in [2.05, 4.69) is 17.2 Å². The van der Waals surface area contributed by atoms with Crippen LogP contribution in [0.1, 0.15) is 18.9 Å². The first-order chi connectivity index (χ1) is 8.31. The SMILES string of the molecule is CC#CCCNCc1ccc(OC)cc1OC. The maximum absolute atomic E-state index is 5.32. The van der Waals surface area contributed by atoms with E-state index >= 15 is 0 Å². The Labute approximate surface area is 103 Å². The Morgan fingerprint density at radius 1 is 1.24 bits per heavy atom. The van der Waals surface area contributed by atoms with Gasteiger partial charge in [-0.3, -0.25) is 0 Å². The van der Waals surface area contributed by atoms with Gasteiger partial charge in [-0.15, -0.1) is 11.8 Å². The molecule has 0 amide bonds. The summed E-state index contributed by atoms with van der Waals surface area (Å²) in [4.78, 5) is 0. The number of methoxy groups -OCH3 is 2. The summed E-state index contributed by atoms with van der Waals surface area (Å²) in [5.41, 5.74) is 1.12. The lowest BCUT2D eigenvalue weighted by Crippen LogP contribution is -2.14. The Morgan fingerprint density at radius 3 is 2.71 bits per heavy atom. The molecule has 0 aliphatic rings. The van der Waals surface area contributed by atoms with Gasteiger partial charge in [0.2, 0.25) is 0 Å². The summed E-state index contributed by atoms with van der Waals surface area (Å²) in [5, 5.41) is 3.33. The van der Waals surface area contributed by atoms with Crippen LogP contribution in [0.3, 0.4) is 0 Å². The number of hydrogen-bond donors (Lipinski definition) is 1. The summed E-state index contributed by atoms with van der Waals surface area (Å²) in [5.74, 6) is 7.54. The van der Waals surface area contributed by atoms with E-state index in [9.17, 15) is 0 Å². The van der Waals surface area contributed by atoms with Crippen LogP contribution < -0.4 is 14.8 Å². The molecule has 0 saturated heterocycles. The van der Waals surface area contributed by atoms with Crippen LogP contribution in [0.25, 0.3) is 0 Å². The molecule has 0 aliphatic heterocycles. The summed E-state index contributed by atoms with van der Waals surface area (Å²) in [7, 11) is 3.32. The first-order valence-electron chi connectivity index (χ1n) is 5.63. The van der Waals surface area contributed by atoms with Crippen molar-refractivity contribution in [1.29, 1.82) is 0 Å². The fraction of sp³-hybridized carbons (Fsp3) is 0.429. The van der Waals surface area contributed by atoms with Crippen molar-refractivity contribution in [3.05, 3.63) is 23.8 Å². The molecule has 0 spiro atoms. The second-order valence-corrected chi connectivity index (χ2v) is 3.53. The van der Waals surface area contributed by atoms with Crippen LogP contribution in [0.2, 0.25) is 0 Å². The van der Waals surface area contributed by atoms with Gasteiger partial charge < -0.3 is 14.8 Å². The highest BCUT2D eigenvalue weighted by Crippen LogP contribution is 2.24. The molecule has 0 radical (unpaired) electrons. The molecule has 0 aromatic heterocycles. The molecule has 3 nitrogen and oxygen atoms in total. The number of nitrogens with one attached hydrogen (secondary N) is 1. The average Bonchev–Trinajstić information content (AvgIpc) is 2.38. The highest BCUT2D eigenvalue weighted by Gasteiger charge is 2.03. The molecule has 17 heavy (non-hydrogen) atoms. The molecule has 92 valence electrons. The van der Waals surface area contributed by atoms with Gasteiger partial charge in [-0.2, -0.15) is 0 Å². The number of benzene rings is 1. The summed E-state index contributed by atoms with van der Waals surface area (Å²) in [6.07, 6.45) is 0.870. The Balaban J connectivity index is 2.54. The molecule has 3 heteroatoms. The molecule has 1 rings (SSSR count). The van der Waals surface area contributed by atoms with Gasteiger partial charge in [0.25, 0.3) is 0 Å². The second-order valence-electron chi connectivity index (χ2n) is 3.53. The fourth-order valence-electron chi connectivity index (χ4n) is 1.50. The van der Waals surface area contributed by atoms with Crippen LogP contribution in [0, 0.1) is 11.8 Å². The third-order valence-corrected chi connectivity index (χ3v) is 2.41. The van der Waals surface area contributed by atoms with Crippen LogP contribution in [0.15, 0.2) is 18.2 Å². The molecular formula is C14H19NO2. The standard InChI is InChI=1S/C14H19NO2/c1-4-5-6-9-15-11-12-7-8-13(16-2)10-14(12)17-3/h7-8,10,15H,6,9,11H2,1-3H3. The van der Waals surface area contributed by atoms with E-state index in [1.54, 1.807) is 14.2 Å². The second kappa shape index (κ2) is 7.59. The van der Waals surface area contributed by atoms with E-state index in [1.807, 2.05) is 25.1 Å². The summed E-state index contributed by atoms with van der Waals surface area (Å²) in [6, 6.07) is 5.84. The summed E-state index contributed by atoms with van der Waals surface area (Å²) >= 11 is 0. The van der Waals surface area contributed by atoms with Crippen molar-refractivity contribution in [2.75, 3.05) is 20.8 Å². The van der Waals surface area contributed by atoms with Gasteiger partial charge in [-0.05, 0) is 13.0 Å². The quantitative estimate of drug-likeness (QED) is 0.603. The van der Waals surface area contributed by atoms with E-state index in [0.717, 1.165) is 36.6 Å². The smallest absolute Gasteiger partial charge is 0.127 e. The zero-order valence-electron chi connectivity index (χ0n) is 10.7. The lowest BCUT2D eigenvalue weighted by atomic mass is 10.2. The van der Waals surface area contributed by atoms with Gasteiger partial charge in [0.15, 0.2) is 0 Å². The Kier molecular flexibility index (Phi) is 5.98. The van der Waals surface area contributed by atoms with Crippen molar-refractivity contribution in [2.24, 2.45) is 0 Å². The van der Waals surface area contributed by atoms with Crippen LogP contribution in [0.5, 0.6) is 11.5 Å². The molecule has 0 bridgehead atoms. The molecule has 1 N–H and O–H groups in total. The monoisotopic (exact) mass is 233 g/mol. The minimum Gasteiger partial charge on any atom is -0.497 e. The zero-order chi connectivity index (χ0) is 12.5. The maximum Gasteiger partial charge on any atom is 0.127 e. The summed E-state index contributed by atoms with van der Waals surface area (Å²) in [6.45, 7) is 3.51. The molecule has 0 saturated carbocycles. The fourth-order valence-corrected chi connectivity index (χ4v) is 1.50. The van der Waals surface area contributed by atoms with Crippen molar-refractivity contribution in [2.45, 2.75) is 19.9 Å². The van der Waals surface area contributed by atoms with E-state index in [4.69, 9.17) is 9.47 Å². The van der Waals surface area contributed by atoms with Gasteiger partial charge in [0.1, 0.15) is 11.5 Å². The predicted octanol–water partition coefficient (Wildman–Crippen LogP) is 2.21. The molecule has 0 aliphatic carbocycles. The lowest BCUT2D eigenvalue weighted by molar-refractivity contribution is 0.390. The average molecular weight is 233 g/mol. The molecular weight excluding hydrogens is 214 g/mol. The molecule has 0 atom stereocenters. The third-order valence-electron chi connectivity index (χ3n) is 2.41. The van der Waals surface area contributed by atoms with E-state index in [0.29, 0.717) is 0 Å². The topological polar surface area (TPSA) is 30.5 Å². The number of hydrogen-bond acceptors (Lipinski definition) is 3. The predicted molar refractivity (Wildman–Crippen MR) is 69.3 cm³/mol. The van der Waals surface area contributed by atoms with Crippen molar-refractivity contribution in [3.63, 3.8) is 0 Å². The zero-order valence-corrected chi connectivity index (χ0v) is 10.7. The van der Waals surface area contributed by atoms with E-state index < -0.39 is 0 Å². The van der Waals surface area contributed by atoms with Gasteiger partial charge in [0.05, 0.1) is 14.2 Å². The van der Waals surface area contributed by atoms with Gasteiger partial charge in [-0.1, -0.05) is 6.07 Å². The summed E-state index contributed by atoms with van der Waals surface area (Å²) < 4.78 is 10.5. The van der Waals surface area contributed by atoms with Gasteiger partial charge in [0, 0.05) is 31.1 Å². The van der Waals surface area contributed by atoms with Gasteiger partial charge in [-0.25, -0.2) is 0 Å². The van der Waals surface area contributed by atoms with E-state index in [1.165, 1.54) is 0 Å². The molecule has 0 fully saturated rings. The first kappa shape index (κ1) is 13.4. The van der Waals surface area contributed by atoms with Crippen LogP contribution >= 0.6 is 0 Å². The Morgan fingerprint density at radius 2 is 2.06 bits per heavy atom. The largest absolute Gasteiger partial charge is 0.497 e. The van der Waals surface area contributed by atoms with Crippen molar-refractivity contribution < 1.29 is 9.47 Å². The minimum atomic E-state index is 0.776. The Bertz CT molecular complexity index is 404. The highest BCUT2D eigenvalue weighted by atomic mass is 16.5. The molecule has 1 aromatic rings. The number of ether oxygens (including phenoxy) is 2. The van der Waals surface area contributed by atoms with Crippen LogP contribution in [0.4, 0.5) is 0 Å². The van der Waals surface area contributed by atoms with Crippen molar-refractivity contribution in [1.82, 2.24) is 5.32 Å². The lowest BCUT2D eigenvalue weighted by Gasteiger charge is -2.10. The van der Waals surface area contributed by atoms with Crippen molar-refractivity contribution in [3.8, 4) is 23.3 Å². The highest BCUT2D eigenvalue weighted by molar-refractivity contribution is 5.40. The third kappa shape index (κ3) is 4.38. The first-order valence-corrected chi connectivity index (χ1v) is 5.63. The van der Waals surface area contributed by atoms with Gasteiger partial charge >= 0.3 is 0 Å². The maximum atomic E-state index is 5.32. The van der Waals surface area contributed by atoms with E-state index in [-0.39, 0.29) is 0 Å². The molecule has 0 heterocycles. The molecule has 0 unspecified atom stereocenters. The normalized spacial score (nSPS) is 9.35. The minimum absolute atomic E-state index is 0.776. The number of rotatable bonds is 6. The van der Waals surface area contributed by atoms with Crippen LogP contribution in [-0.4, -0.2) is 20.8 Å². The molecule has 1 aromatic carbocycles. The van der Waals surface area contributed by atoms with Crippen molar-refractivity contribution >= 4 is 0 Å².